The molecule has 0 atom stereocenters. The number of nitrogens with zero attached hydrogens (tertiary/aromatic N) is 2. The molecule has 1 aromatic heterocycles. The summed E-state index contributed by atoms with van der Waals surface area (Å²) in [5, 5.41) is 8.72. The highest BCUT2D eigenvalue weighted by Gasteiger charge is 2.25. The normalized spacial score (nSPS) is 11.6. The van der Waals surface area contributed by atoms with Crippen molar-refractivity contribution in [2.45, 2.75) is 4.90 Å². The molecule has 0 fully saturated rings. The average molecular weight is 289 g/mol. The summed E-state index contributed by atoms with van der Waals surface area (Å²) in [5.41, 5.74) is -0.231. The van der Waals surface area contributed by atoms with Crippen LogP contribution in [0.1, 0.15) is 10.5 Å². The van der Waals surface area contributed by atoms with Gasteiger partial charge in [0.1, 0.15) is 10.6 Å². The molecule has 1 amide bonds. The van der Waals surface area contributed by atoms with Crippen molar-refractivity contribution in [2.75, 3.05) is 27.7 Å². The zero-order chi connectivity index (χ0) is 14.8. The Kier molecular flexibility index (Phi) is 4.32. The van der Waals surface area contributed by atoms with Crippen LogP contribution in [-0.2, 0) is 14.8 Å². The SMILES string of the molecule is CN(C)C(=O)CN(C)S(=O)(=O)c1c[nH]c(C(=O)O)c1. The zero-order valence-electron chi connectivity index (χ0n) is 10.7. The van der Waals surface area contributed by atoms with Gasteiger partial charge in [0.25, 0.3) is 0 Å². The first-order valence-corrected chi connectivity index (χ1v) is 6.68. The number of likely N-dealkylation sites (N-methyl/N-ethyl adjacent to an activating group) is 2. The molecule has 2 N–H and O–H groups in total. The molecule has 0 unspecified atom stereocenters. The van der Waals surface area contributed by atoms with E-state index in [9.17, 15) is 18.0 Å². The number of carboxylic acid groups (broad SMARTS) is 1. The van der Waals surface area contributed by atoms with Crippen molar-refractivity contribution in [3.05, 3.63) is 18.0 Å². The minimum Gasteiger partial charge on any atom is -0.477 e. The molecule has 106 valence electrons. The summed E-state index contributed by atoms with van der Waals surface area (Å²) < 4.78 is 25.0. The van der Waals surface area contributed by atoms with Gasteiger partial charge in [-0.1, -0.05) is 0 Å². The smallest absolute Gasteiger partial charge is 0.352 e. The van der Waals surface area contributed by atoms with Gasteiger partial charge in [-0.2, -0.15) is 4.31 Å². The molecule has 8 nitrogen and oxygen atoms in total. The van der Waals surface area contributed by atoms with Gasteiger partial charge in [0.2, 0.25) is 15.9 Å². The van der Waals surface area contributed by atoms with Crippen LogP contribution in [0.25, 0.3) is 0 Å². The summed E-state index contributed by atoms with van der Waals surface area (Å²) in [7, 11) is 0.396. The van der Waals surface area contributed by atoms with Crippen LogP contribution in [0.5, 0.6) is 0 Å². The number of sulfonamides is 1. The molecule has 0 aromatic carbocycles. The van der Waals surface area contributed by atoms with Crippen molar-refractivity contribution in [2.24, 2.45) is 0 Å². The molecule has 0 saturated carbocycles. The fraction of sp³-hybridized carbons (Fsp3) is 0.400. The van der Waals surface area contributed by atoms with Crippen LogP contribution in [0, 0.1) is 0 Å². The highest BCUT2D eigenvalue weighted by molar-refractivity contribution is 7.89. The average Bonchev–Trinajstić information content (AvgIpc) is 2.78. The van der Waals surface area contributed by atoms with Crippen LogP contribution in [-0.4, -0.2) is 67.3 Å². The monoisotopic (exact) mass is 289 g/mol. The fourth-order valence-corrected chi connectivity index (χ4v) is 2.36. The summed E-state index contributed by atoms with van der Waals surface area (Å²) >= 11 is 0. The van der Waals surface area contributed by atoms with Gasteiger partial charge >= 0.3 is 5.97 Å². The third-order valence-electron chi connectivity index (χ3n) is 2.45. The van der Waals surface area contributed by atoms with Crippen LogP contribution in [0.3, 0.4) is 0 Å². The number of aromatic nitrogens is 1. The predicted octanol–water partition coefficient (Wildman–Crippen LogP) is -0.578. The molecular weight excluding hydrogens is 274 g/mol. The first-order valence-electron chi connectivity index (χ1n) is 5.24. The number of aromatic amines is 1. The number of H-pyrrole nitrogens is 1. The number of nitrogens with one attached hydrogen (secondary N) is 1. The number of aromatic carboxylic acids is 1. The molecule has 1 aromatic rings. The Balaban J connectivity index is 2.96. The Bertz CT molecular complexity index is 590. The largest absolute Gasteiger partial charge is 0.477 e. The maximum absolute atomic E-state index is 12.1. The third kappa shape index (κ3) is 3.32. The van der Waals surface area contributed by atoms with Gasteiger partial charge in [0.05, 0.1) is 6.54 Å². The lowest BCUT2D eigenvalue weighted by atomic mass is 10.4. The Morgan fingerprint density at radius 1 is 1.32 bits per heavy atom. The predicted molar refractivity (Wildman–Crippen MR) is 66.3 cm³/mol. The van der Waals surface area contributed by atoms with E-state index in [2.05, 4.69) is 4.98 Å². The van der Waals surface area contributed by atoms with Crippen molar-refractivity contribution in [1.82, 2.24) is 14.2 Å². The summed E-state index contributed by atoms with van der Waals surface area (Å²) in [6.07, 6.45) is 1.08. The number of amides is 1. The van der Waals surface area contributed by atoms with Gasteiger partial charge in [-0.15, -0.1) is 0 Å². The molecule has 0 radical (unpaired) electrons. The van der Waals surface area contributed by atoms with E-state index in [0.717, 1.165) is 16.6 Å². The van der Waals surface area contributed by atoms with Crippen molar-refractivity contribution in [3.63, 3.8) is 0 Å². The second kappa shape index (κ2) is 5.41. The molecule has 19 heavy (non-hydrogen) atoms. The Morgan fingerprint density at radius 3 is 2.32 bits per heavy atom. The van der Waals surface area contributed by atoms with E-state index in [0.29, 0.717) is 0 Å². The van der Waals surface area contributed by atoms with Gasteiger partial charge in [-0.25, -0.2) is 13.2 Å². The second-order valence-corrected chi connectivity index (χ2v) is 6.15. The van der Waals surface area contributed by atoms with E-state index in [1.54, 1.807) is 0 Å². The molecule has 0 aliphatic carbocycles. The van der Waals surface area contributed by atoms with E-state index in [-0.39, 0.29) is 23.0 Å². The van der Waals surface area contributed by atoms with Crippen molar-refractivity contribution in [1.29, 1.82) is 0 Å². The number of hydrogen-bond donors (Lipinski definition) is 2. The van der Waals surface area contributed by atoms with E-state index in [4.69, 9.17) is 5.11 Å². The number of rotatable bonds is 5. The summed E-state index contributed by atoms with van der Waals surface area (Å²) in [5.74, 6) is -1.63. The molecule has 0 saturated heterocycles. The highest BCUT2D eigenvalue weighted by Crippen LogP contribution is 2.15. The van der Waals surface area contributed by atoms with Gasteiger partial charge in [0, 0.05) is 27.3 Å². The fourth-order valence-electron chi connectivity index (χ4n) is 1.24. The lowest BCUT2D eigenvalue weighted by molar-refractivity contribution is -0.128. The maximum Gasteiger partial charge on any atom is 0.352 e. The van der Waals surface area contributed by atoms with Gasteiger partial charge in [0.15, 0.2) is 0 Å². The molecule has 1 heterocycles. The van der Waals surface area contributed by atoms with Gasteiger partial charge in [-0.3, -0.25) is 4.79 Å². The molecular formula is C10H15N3O5S. The van der Waals surface area contributed by atoms with Gasteiger partial charge in [-0.05, 0) is 6.07 Å². The Hall–Kier alpha value is -1.87. The van der Waals surface area contributed by atoms with E-state index in [1.165, 1.54) is 26.0 Å². The highest BCUT2D eigenvalue weighted by atomic mass is 32.2. The topological polar surface area (TPSA) is 111 Å². The van der Waals surface area contributed by atoms with Crippen molar-refractivity contribution >= 4 is 21.9 Å². The molecule has 0 aliphatic rings. The first-order chi connectivity index (χ1) is 8.66. The molecule has 1 rings (SSSR count). The number of hydrogen-bond acceptors (Lipinski definition) is 4. The summed E-state index contributed by atoms with van der Waals surface area (Å²) in [4.78, 5) is 25.6. The maximum atomic E-state index is 12.1. The third-order valence-corrected chi connectivity index (χ3v) is 4.23. The standard InChI is InChI=1S/C10H15N3O5S/c1-12(2)9(14)6-13(3)19(17,18)7-4-8(10(15)16)11-5-7/h4-5,11H,6H2,1-3H3,(H,15,16). The minimum atomic E-state index is -3.89. The second-order valence-electron chi connectivity index (χ2n) is 4.10. The van der Waals surface area contributed by atoms with E-state index >= 15 is 0 Å². The Labute approximate surface area is 110 Å². The lowest BCUT2D eigenvalue weighted by Crippen LogP contribution is -2.37. The zero-order valence-corrected chi connectivity index (χ0v) is 11.6. The first kappa shape index (κ1) is 15.2. The van der Waals surface area contributed by atoms with E-state index in [1.807, 2.05) is 0 Å². The molecule has 0 spiro atoms. The van der Waals surface area contributed by atoms with Crippen LogP contribution in [0.4, 0.5) is 0 Å². The number of carbonyl (C=O) groups excluding carboxylic acids is 1. The van der Waals surface area contributed by atoms with Gasteiger partial charge < -0.3 is 15.0 Å². The van der Waals surface area contributed by atoms with Crippen LogP contribution in [0.2, 0.25) is 0 Å². The lowest BCUT2D eigenvalue weighted by Gasteiger charge is -2.18. The van der Waals surface area contributed by atoms with Crippen LogP contribution >= 0.6 is 0 Å². The summed E-state index contributed by atoms with van der Waals surface area (Å²) in [6, 6.07) is 1.01. The summed E-state index contributed by atoms with van der Waals surface area (Å²) in [6.45, 7) is -0.317. The minimum absolute atomic E-state index is 0.195. The number of carboxylic acids is 1. The quantitative estimate of drug-likeness (QED) is 0.753. The van der Waals surface area contributed by atoms with Crippen LogP contribution in [0.15, 0.2) is 17.2 Å². The molecule has 0 aliphatic heterocycles. The van der Waals surface area contributed by atoms with Crippen molar-refractivity contribution in [3.8, 4) is 0 Å². The molecule has 0 bridgehead atoms. The van der Waals surface area contributed by atoms with E-state index < -0.39 is 16.0 Å². The van der Waals surface area contributed by atoms with Crippen LogP contribution < -0.4 is 0 Å². The van der Waals surface area contributed by atoms with Crippen molar-refractivity contribution < 1.29 is 23.1 Å². The molecule has 9 heteroatoms. The number of carbonyl (C=O) groups is 2. The Morgan fingerprint density at radius 2 is 1.89 bits per heavy atom.